The first-order chi connectivity index (χ1) is 9.31. The van der Waals surface area contributed by atoms with Gasteiger partial charge in [0, 0.05) is 19.1 Å². The lowest BCUT2D eigenvalue weighted by molar-refractivity contribution is 0.127. The number of piperidine rings is 1. The molecule has 112 valence electrons. The lowest BCUT2D eigenvalue weighted by Gasteiger charge is -2.35. The summed E-state index contributed by atoms with van der Waals surface area (Å²) < 4.78 is 0. The van der Waals surface area contributed by atoms with Crippen molar-refractivity contribution < 1.29 is 5.11 Å². The van der Waals surface area contributed by atoms with Gasteiger partial charge in [-0.25, -0.2) is 0 Å². The Bertz CT molecular complexity index is 236. The zero-order valence-electron chi connectivity index (χ0n) is 12.5. The van der Waals surface area contributed by atoms with E-state index in [1.807, 2.05) is 0 Å². The Balaban J connectivity index is 1.63. The fraction of sp³-hybridized carbons (Fsp3) is 1.00. The van der Waals surface area contributed by atoms with Crippen molar-refractivity contribution in [2.24, 2.45) is 5.92 Å². The molecular weight excluding hydrogens is 238 g/mol. The molecule has 0 saturated carbocycles. The molecule has 0 aromatic carbocycles. The van der Waals surface area contributed by atoms with Crippen LogP contribution in [-0.2, 0) is 0 Å². The monoisotopic (exact) mass is 269 g/mol. The molecule has 2 rings (SSSR count). The number of likely N-dealkylation sites (N-methyl/N-ethyl adjacent to an activating group) is 1. The summed E-state index contributed by atoms with van der Waals surface area (Å²) in [4.78, 5) is 5.17. The molecule has 2 heterocycles. The molecule has 4 heteroatoms. The number of likely N-dealkylation sites (tertiary alicyclic amines) is 2. The summed E-state index contributed by atoms with van der Waals surface area (Å²) in [6, 6.07) is 0.250. The predicted molar refractivity (Wildman–Crippen MR) is 79.4 cm³/mol. The van der Waals surface area contributed by atoms with E-state index in [-0.39, 0.29) is 12.6 Å². The number of aliphatic hydroxyl groups excluding tert-OH is 1. The average Bonchev–Trinajstić information content (AvgIpc) is 2.93. The number of rotatable bonds is 7. The Morgan fingerprint density at radius 1 is 1.11 bits per heavy atom. The number of nitrogens with one attached hydrogen (secondary N) is 1. The fourth-order valence-electron chi connectivity index (χ4n) is 3.47. The highest BCUT2D eigenvalue weighted by Gasteiger charge is 2.23. The van der Waals surface area contributed by atoms with Crippen molar-refractivity contribution in [3.8, 4) is 0 Å². The number of nitrogens with zero attached hydrogens (tertiary/aromatic N) is 2. The van der Waals surface area contributed by atoms with Crippen LogP contribution >= 0.6 is 0 Å². The van der Waals surface area contributed by atoms with Gasteiger partial charge in [-0.1, -0.05) is 6.92 Å². The lowest BCUT2D eigenvalue weighted by atomic mass is 9.96. The maximum Gasteiger partial charge on any atom is 0.0597 e. The van der Waals surface area contributed by atoms with E-state index < -0.39 is 0 Å². The van der Waals surface area contributed by atoms with E-state index in [1.165, 1.54) is 58.4 Å². The second kappa shape index (κ2) is 8.20. The van der Waals surface area contributed by atoms with E-state index in [1.54, 1.807) is 0 Å². The van der Waals surface area contributed by atoms with Gasteiger partial charge in [0.25, 0.3) is 0 Å². The van der Waals surface area contributed by atoms with Gasteiger partial charge in [0.05, 0.1) is 6.61 Å². The summed E-state index contributed by atoms with van der Waals surface area (Å²) in [5, 5.41) is 12.7. The van der Waals surface area contributed by atoms with Crippen LogP contribution in [0, 0.1) is 5.92 Å². The molecule has 2 fully saturated rings. The lowest BCUT2D eigenvalue weighted by Crippen LogP contribution is -2.46. The zero-order valence-corrected chi connectivity index (χ0v) is 12.5. The highest BCUT2D eigenvalue weighted by atomic mass is 16.3. The normalized spacial score (nSPS) is 24.9. The topological polar surface area (TPSA) is 38.7 Å². The smallest absolute Gasteiger partial charge is 0.0597 e. The van der Waals surface area contributed by atoms with Gasteiger partial charge in [-0.2, -0.15) is 0 Å². The average molecular weight is 269 g/mol. The van der Waals surface area contributed by atoms with E-state index in [0.717, 1.165) is 19.0 Å². The van der Waals surface area contributed by atoms with Crippen molar-refractivity contribution in [2.45, 2.75) is 38.6 Å². The first-order valence-electron chi connectivity index (χ1n) is 8.10. The Kier molecular flexibility index (Phi) is 6.57. The van der Waals surface area contributed by atoms with E-state index in [4.69, 9.17) is 0 Å². The molecule has 0 aliphatic carbocycles. The minimum atomic E-state index is 0.250. The maximum atomic E-state index is 9.33. The molecule has 19 heavy (non-hydrogen) atoms. The van der Waals surface area contributed by atoms with Gasteiger partial charge in [-0.3, -0.25) is 0 Å². The van der Waals surface area contributed by atoms with Crippen LogP contribution in [-0.4, -0.2) is 73.4 Å². The van der Waals surface area contributed by atoms with Gasteiger partial charge < -0.3 is 20.2 Å². The van der Waals surface area contributed by atoms with Gasteiger partial charge in [0.1, 0.15) is 0 Å². The van der Waals surface area contributed by atoms with E-state index >= 15 is 0 Å². The Morgan fingerprint density at radius 2 is 1.79 bits per heavy atom. The molecule has 0 aromatic heterocycles. The summed E-state index contributed by atoms with van der Waals surface area (Å²) in [7, 11) is 0. The van der Waals surface area contributed by atoms with Crippen molar-refractivity contribution in [2.75, 3.05) is 52.4 Å². The summed E-state index contributed by atoms with van der Waals surface area (Å²) in [6.45, 7) is 10.7. The molecule has 0 bridgehead atoms. The molecule has 0 aromatic rings. The van der Waals surface area contributed by atoms with Crippen LogP contribution in [0.3, 0.4) is 0 Å². The first-order valence-corrected chi connectivity index (χ1v) is 8.10. The maximum absolute atomic E-state index is 9.33. The van der Waals surface area contributed by atoms with E-state index in [0.29, 0.717) is 0 Å². The van der Waals surface area contributed by atoms with Crippen molar-refractivity contribution >= 4 is 0 Å². The van der Waals surface area contributed by atoms with Crippen LogP contribution in [0.5, 0.6) is 0 Å². The highest BCUT2D eigenvalue weighted by molar-refractivity contribution is 4.79. The molecule has 4 nitrogen and oxygen atoms in total. The molecule has 1 unspecified atom stereocenters. The van der Waals surface area contributed by atoms with Crippen LogP contribution in [0.25, 0.3) is 0 Å². The number of hydrogen-bond acceptors (Lipinski definition) is 4. The largest absolute Gasteiger partial charge is 0.395 e. The quantitative estimate of drug-likeness (QED) is 0.716. The molecule has 2 N–H and O–H groups in total. The molecule has 2 aliphatic rings. The van der Waals surface area contributed by atoms with E-state index in [2.05, 4.69) is 22.0 Å². The summed E-state index contributed by atoms with van der Waals surface area (Å²) in [5.74, 6) is 0.904. The third kappa shape index (κ3) is 5.03. The van der Waals surface area contributed by atoms with Crippen molar-refractivity contribution in [1.82, 2.24) is 15.1 Å². The number of aliphatic hydroxyl groups is 1. The SMILES string of the molecule is CCNC(CO)CN1CCC(CN2CCCC2)CC1. The molecule has 0 spiro atoms. The van der Waals surface area contributed by atoms with Gasteiger partial charge >= 0.3 is 0 Å². The van der Waals surface area contributed by atoms with Crippen molar-refractivity contribution in [3.05, 3.63) is 0 Å². The Labute approximate surface area is 118 Å². The molecule has 2 saturated heterocycles. The summed E-state index contributed by atoms with van der Waals surface area (Å²) in [5.41, 5.74) is 0. The second-order valence-corrected chi connectivity index (χ2v) is 6.19. The molecule has 2 aliphatic heterocycles. The second-order valence-electron chi connectivity index (χ2n) is 6.19. The molecular formula is C15H31N3O. The third-order valence-electron chi connectivity index (χ3n) is 4.61. The Hall–Kier alpha value is -0.160. The minimum Gasteiger partial charge on any atom is -0.395 e. The zero-order chi connectivity index (χ0) is 13.5. The molecule has 0 amide bonds. The van der Waals surface area contributed by atoms with Crippen LogP contribution in [0.2, 0.25) is 0 Å². The van der Waals surface area contributed by atoms with Crippen LogP contribution in [0.4, 0.5) is 0 Å². The van der Waals surface area contributed by atoms with Gasteiger partial charge in [-0.05, 0) is 64.3 Å². The van der Waals surface area contributed by atoms with Crippen molar-refractivity contribution in [1.29, 1.82) is 0 Å². The van der Waals surface area contributed by atoms with E-state index in [9.17, 15) is 5.11 Å². The minimum absolute atomic E-state index is 0.250. The fourth-order valence-corrected chi connectivity index (χ4v) is 3.47. The molecule has 1 atom stereocenters. The van der Waals surface area contributed by atoms with Crippen LogP contribution in [0.1, 0.15) is 32.6 Å². The summed E-state index contributed by atoms with van der Waals surface area (Å²) >= 11 is 0. The highest BCUT2D eigenvalue weighted by Crippen LogP contribution is 2.20. The summed E-state index contributed by atoms with van der Waals surface area (Å²) in [6.07, 6.45) is 5.47. The first kappa shape index (κ1) is 15.2. The third-order valence-corrected chi connectivity index (χ3v) is 4.61. The molecule has 0 radical (unpaired) electrons. The van der Waals surface area contributed by atoms with Crippen LogP contribution in [0.15, 0.2) is 0 Å². The van der Waals surface area contributed by atoms with Crippen molar-refractivity contribution in [3.63, 3.8) is 0 Å². The Morgan fingerprint density at radius 3 is 2.37 bits per heavy atom. The predicted octanol–water partition coefficient (Wildman–Crippen LogP) is 0.765. The van der Waals surface area contributed by atoms with Gasteiger partial charge in [0.15, 0.2) is 0 Å². The van der Waals surface area contributed by atoms with Gasteiger partial charge in [-0.15, -0.1) is 0 Å². The van der Waals surface area contributed by atoms with Crippen LogP contribution < -0.4 is 5.32 Å². The number of hydrogen-bond donors (Lipinski definition) is 2. The standard InChI is InChI=1S/C15H31N3O/c1-2-16-15(13-19)12-18-9-5-14(6-10-18)11-17-7-3-4-8-17/h14-16,19H,2-13H2,1H3. The van der Waals surface area contributed by atoms with Gasteiger partial charge in [0.2, 0.25) is 0 Å².